The molecular weight excluding hydrogens is 642 g/mol. The van der Waals surface area contributed by atoms with Crippen LogP contribution in [0.4, 0.5) is 0 Å². The van der Waals surface area contributed by atoms with Crippen molar-refractivity contribution in [2.24, 2.45) is 0 Å². The second kappa shape index (κ2) is 32.8. The van der Waals surface area contributed by atoms with Gasteiger partial charge in [-0.05, 0) is 12.8 Å². The number of carbonyl (C=O) groups excluding carboxylic acids is 2. The third kappa shape index (κ3) is 26.9. The number of rotatable bonds is 36. The number of halogens is 1. The second-order valence-corrected chi connectivity index (χ2v) is 16.7. The molecular formula is C44H88ClNO4. The van der Waals surface area contributed by atoms with Crippen LogP contribution >= 0.6 is 0 Å². The van der Waals surface area contributed by atoms with Crippen molar-refractivity contribution in [2.75, 3.05) is 14.1 Å². The molecule has 50 heavy (non-hydrogen) atoms. The molecule has 0 atom stereocenters. The van der Waals surface area contributed by atoms with Crippen molar-refractivity contribution in [3.8, 4) is 0 Å². The zero-order chi connectivity index (χ0) is 36.7. The fourth-order valence-corrected chi connectivity index (χ4v) is 6.82. The van der Waals surface area contributed by atoms with Gasteiger partial charge in [-0.1, -0.05) is 194 Å². The highest BCUT2D eigenvalue weighted by Gasteiger charge is 2.52. The van der Waals surface area contributed by atoms with Gasteiger partial charge in [0, 0.05) is 40.5 Å². The Kier molecular flexibility index (Phi) is 33.7. The zero-order valence-corrected chi connectivity index (χ0v) is 35.8. The van der Waals surface area contributed by atoms with Crippen molar-refractivity contribution >= 4 is 11.9 Å². The lowest BCUT2D eigenvalue weighted by molar-refractivity contribution is -1.02. The van der Waals surface area contributed by atoms with Gasteiger partial charge < -0.3 is 21.9 Å². The molecule has 0 heterocycles. The van der Waals surface area contributed by atoms with Gasteiger partial charge in [-0.3, -0.25) is 14.1 Å². The normalized spacial score (nSPS) is 12.2. The summed E-state index contributed by atoms with van der Waals surface area (Å²) in [6.07, 6.45) is 40.1. The standard InChI is InChI=1S/C44H88NO4.ClH/c1-9-11-13-15-17-19-21-23-25-27-29-31-33-35-37-39-41(46)48-43(3,4)45(7,8)44(5,6)49-42(47)40-38-36-34-32-30-28-26-24-22-20-18-16-14-12-10-2;/h9-40H2,1-8H3;1H/q+1;/p-1. The second-order valence-electron chi connectivity index (χ2n) is 16.7. The summed E-state index contributed by atoms with van der Waals surface area (Å²) in [5, 5.41) is 0. The van der Waals surface area contributed by atoms with Crippen LogP contribution in [0.1, 0.15) is 247 Å². The predicted molar refractivity (Wildman–Crippen MR) is 212 cm³/mol. The molecule has 300 valence electrons. The van der Waals surface area contributed by atoms with Crippen molar-refractivity contribution in [3.63, 3.8) is 0 Å². The lowest BCUT2D eigenvalue weighted by atomic mass is 10.0. The van der Waals surface area contributed by atoms with Crippen molar-refractivity contribution in [2.45, 2.75) is 258 Å². The van der Waals surface area contributed by atoms with Crippen LogP contribution in [0.2, 0.25) is 0 Å². The Bertz CT molecular complexity index is 720. The van der Waals surface area contributed by atoms with E-state index in [0.717, 1.165) is 25.7 Å². The Morgan fingerprint density at radius 2 is 0.560 bits per heavy atom. The van der Waals surface area contributed by atoms with Crippen LogP contribution in [-0.2, 0) is 19.1 Å². The minimum Gasteiger partial charge on any atom is -1.00 e. The predicted octanol–water partition coefficient (Wildman–Crippen LogP) is 11.1. The van der Waals surface area contributed by atoms with E-state index in [1.807, 2.05) is 41.8 Å². The molecule has 0 aliphatic carbocycles. The summed E-state index contributed by atoms with van der Waals surface area (Å²) in [7, 11) is 3.98. The first-order valence-electron chi connectivity index (χ1n) is 21.7. The summed E-state index contributed by atoms with van der Waals surface area (Å²) in [4.78, 5) is 25.6. The molecule has 0 amide bonds. The molecule has 0 radical (unpaired) electrons. The van der Waals surface area contributed by atoms with Gasteiger partial charge in [0.25, 0.3) is 0 Å². The molecule has 0 aromatic heterocycles. The SMILES string of the molecule is CCCCCCCCCCCCCCCCCC(=O)OC(C)(C)[N+](C)(C)C(C)(C)OC(=O)CCCCCCCCCCCCCCCCC.[Cl-]. The van der Waals surface area contributed by atoms with Crippen molar-refractivity contribution in [3.05, 3.63) is 0 Å². The molecule has 0 aliphatic heterocycles. The van der Waals surface area contributed by atoms with Crippen LogP contribution in [0.25, 0.3) is 0 Å². The third-order valence-corrected chi connectivity index (χ3v) is 11.4. The summed E-state index contributed by atoms with van der Waals surface area (Å²) >= 11 is 0. The third-order valence-electron chi connectivity index (χ3n) is 11.4. The monoisotopic (exact) mass is 730 g/mol. The number of quaternary nitrogens is 1. The Balaban J connectivity index is 0. The van der Waals surface area contributed by atoms with E-state index in [4.69, 9.17) is 9.47 Å². The van der Waals surface area contributed by atoms with E-state index in [9.17, 15) is 9.59 Å². The van der Waals surface area contributed by atoms with Crippen LogP contribution in [0.3, 0.4) is 0 Å². The van der Waals surface area contributed by atoms with Crippen LogP contribution in [0.5, 0.6) is 0 Å². The Hall–Kier alpha value is -0.810. The molecule has 6 heteroatoms. The summed E-state index contributed by atoms with van der Waals surface area (Å²) < 4.78 is 12.3. The van der Waals surface area contributed by atoms with E-state index in [0.29, 0.717) is 12.8 Å². The van der Waals surface area contributed by atoms with Crippen molar-refractivity contribution in [1.82, 2.24) is 0 Å². The Morgan fingerprint density at radius 3 is 0.760 bits per heavy atom. The van der Waals surface area contributed by atoms with Crippen LogP contribution in [0, 0.1) is 0 Å². The van der Waals surface area contributed by atoms with Gasteiger partial charge in [-0.15, -0.1) is 0 Å². The van der Waals surface area contributed by atoms with Crippen LogP contribution in [0.15, 0.2) is 0 Å². The lowest BCUT2D eigenvalue weighted by Crippen LogP contribution is -3.00. The lowest BCUT2D eigenvalue weighted by Gasteiger charge is -2.51. The highest BCUT2D eigenvalue weighted by molar-refractivity contribution is 5.70. The topological polar surface area (TPSA) is 52.6 Å². The molecule has 0 N–H and O–H groups in total. The first-order chi connectivity index (χ1) is 23.4. The van der Waals surface area contributed by atoms with Crippen LogP contribution < -0.4 is 12.4 Å². The van der Waals surface area contributed by atoms with Crippen molar-refractivity contribution in [1.29, 1.82) is 0 Å². The van der Waals surface area contributed by atoms with E-state index in [2.05, 4.69) is 13.8 Å². The van der Waals surface area contributed by atoms with E-state index >= 15 is 0 Å². The molecule has 0 bridgehead atoms. The molecule has 5 nitrogen and oxygen atoms in total. The minimum atomic E-state index is -0.828. The summed E-state index contributed by atoms with van der Waals surface area (Å²) in [6, 6.07) is 0. The highest BCUT2D eigenvalue weighted by Crippen LogP contribution is 2.34. The van der Waals surface area contributed by atoms with E-state index in [1.54, 1.807) is 0 Å². The van der Waals surface area contributed by atoms with Gasteiger partial charge in [0.15, 0.2) is 0 Å². The first kappa shape index (κ1) is 51.3. The van der Waals surface area contributed by atoms with E-state index < -0.39 is 11.4 Å². The minimum absolute atomic E-state index is 0. The number of hydrogen-bond acceptors (Lipinski definition) is 4. The number of nitrogens with zero attached hydrogens (tertiary/aromatic N) is 1. The summed E-state index contributed by atoms with van der Waals surface area (Å²) in [5.74, 6) is -0.323. The summed E-state index contributed by atoms with van der Waals surface area (Å²) in [5.41, 5.74) is -1.66. The maximum Gasteiger partial charge on any atom is 0.310 e. The molecule has 0 fully saturated rings. The molecule has 0 aromatic rings. The number of hydrogen-bond donors (Lipinski definition) is 0. The molecule has 0 aromatic carbocycles. The van der Waals surface area contributed by atoms with Crippen molar-refractivity contribution < 1.29 is 36.0 Å². The molecule has 0 saturated heterocycles. The quantitative estimate of drug-likeness (QED) is 0.0279. The van der Waals surface area contributed by atoms with Gasteiger partial charge in [0.2, 0.25) is 11.4 Å². The maximum absolute atomic E-state index is 12.8. The fourth-order valence-electron chi connectivity index (χ4n) is 6.82. The number of unbranched alkanes of at least 4 members (excludes halogenated alkanes) is 28. The maximum atomic E-state index is 12.8. The van der Waals surface area contributed by atoms with Gasteiger partial charge in [0.1, 0.15) is 0 Å². The fraction of sp³-hybridized carbons (Fsp3) is 0.955. The van der Waals surface area contributed by atoms with Gasteiger partial charge in [-0.25, -0.2) is 0 Å². The largest absolute Gasteiger partial charge is 1.00 e. The average molecular weight is 731 g/mol. The summed E-state index contributed by atoms with van der Waals surface area (Å²) in [6.45, 7) is 12.3. The smallest absolute Gasteiger partial charge is 0.310 e. The van der Waals surface area contributed by atoms with Gasteiger partial charge in [-0.2, -0.15) is 0 Å². The molecule has 0 spiro atoms. The van der Waals surface area contributed by atoms with Crippen LogP contribution in [-0.4, -0.2) is 42.0 Å². The molecule has 0 saturated carbocycles. The number of esters is 2. The van der Waals surface area contributed by atoms with Gasteiger partial charge >= 0.3 is 11.9 Å². The number of ether oxygens (including phenoxy) is 2. The van der Waals surface area contributed by atoms with Gasteiger partial charge in [0.05, 0.1) is 14.1 Å². The highest BCUT2D eigenvalue weighted by atomic mass is 35.5. The average Bonchev–Trinajstić information content (AvgIpc) is 3.04. The molecule has 0 rings (SSSR count). The first-order valence-corrected chi connectivity index (χ1v) is 21.7. The van der Waals surface area contributed by atoms with E-state index in [1.165, 1.54) is 167 Å². The number of carbonyl (C=O) groups is 2. The molecule has 0 unspecified atom stereocenters. The molecule has 0 aliphatic rings. The Morgan fingerprint density at radius 1 is 0.380 bits per heavy atom. The van der Waals surface area contributed by atoms with E-state index in [-0.39, 0.29) is 28.8 Å². The zero-order valence-electron chi connectivity index (χ0n) is 35.1. The Labute approximate surface area is 319 Å².